The fraction of sp³-hybridized carbons (Fsp3) is 1.00. The van der Waals surface area contributed by atoms with Crippen LogP contribution in [0.2, 0.25) is 0 Å². The highest BCUT2D eigenvalue weighted by Crippen LogP contribution is 2.29. The first-order valence-electron chi connectivity index (χ1n) is 7.69. The molecule has 1 saturated heterocycles. The van der Waals surface area contributed by atoms with Crippen LogP contribution in [0.3, 0.4) is 0 Å². The van der Waals surface area contributed by atoms with Crippen molar-refractivity contribution in [2.45, 2.75) is 76.0 Å². The number of hydrogen-bond acceptors (Lipinski definition) is 3. The van der Waals surface area contributed by atoms with Crippen LogP contribution >= 0.6 is 0 Å². The Morgan fingerprint density at radius 2 is 1.83 bits per heavy atom. The van der Waals surface area contributed by atoms with Crippen molar-refractivity contribution in [3.8, 4) is 0 Å². The van der Waals surface area contributed by atoms with Crippen LogP contribution in [-0.2, 0) is 4.74 Å². The van der Waals surface area contributed by atoms with Gasteiger partial charge >= 0.3 is 0 Å². The molecule has 2 fully saturated rings. The maximum atomic E-state index is 6.43. The van der Waals surface area contributed by atoms with Gasteiger partial charge in [0.05, 0.1) is 5.60 Å². The van der Waals surface area contributed by atoms with Gasteiger partial charge in [0.2, 0.25) is 0 Å². The Labute approximate surface area is 112 Å². The third-order valence-corrected chi connectivity index (χ3v) is 4.93. The smallest absolute Gasteiger partial charge is 0.0777 e. The standard InChI is InChI=1S/C15H30N2O/c1-15(18-2)10-7-11-17(12-15)14-9-6-4-3-5-8-13(14)16/h13-14H,3-12,16H2,1-2H3. The lowest BCUT2D eigenvalue weighted by Crippen LogP contribution is -2.56. The van der Waals surface area contributed by atoms with Crippen molar-refractivity contribution >= 4 is 0 Å². The monoisotopic (exact) mass is 254 g/mol. The SMILES string of the molecule is COC1(C)CCCN(C2CCCCCCC2N)C1. The second-order valence-electron chi connectivity index (χ2n) is 6.45. The van der Waals surface area contributed by atoms with Gasteiger partial charge in [-0.3, -0.25) is 4.90 Å². The van der Waals surface area contributed by atoms with E-state index in [-0.39, 0.29) is 5.60 Å². The zero-order chi connectivity index (χ0) is 13.0. The second kappa shape index (κ2) is 6.36. The van der Waals surface area contributed by atoms with Crippen LogP contribution in [0, 0.1) is 0 Å². The lowest BCUT2D eigenvalue weighted by molar-refractivity contribution is -0.0654. The summed E-state index contributed by atoms with van der Waals surface area (Å²) in [7, 11) is 1.85. The van der Waals surface area contributed by atoms with Gasteiger partial charge in [-0.25, -0.2) is 0 Å². The molecule has 0 spiro atoms. The van der Waals surface area contributed by atoms with E-state index in [9.17, 15) is 0 Å². The van der Waals surface area contributed by atoms with E-state index in [2.05, 4.69) is 11.8 Å². The van der Waals surface area contributed by atoms with Gasteiger partial charge in [-0.2, -0.15) is 0 Å². The van der Waals surface area contributed by atoms with Crippen molar-refractivity contribution in [2.75, 3.05) is 20.2 Å². The van der Waals surface area contributed by atoms with Gasteiger partial charge in [0.15, 0.2) is 0 Å². The average molecular weight is 254 g/mol. The van der Waals surface area contributed by atoms with Crippen LogP contribution in [-0.4, -0.2) is 42.8 Å². The molecular weight excluding hydrogens is 224 g/mol. The van der Waals surface area contributed by atoms with E-state index >= 15 is 0 Å². The molecule has 2 rings (SSSR count). The molecular formula is C15H30N2O. The van der Waals surface area contributed by atoms with Gasteiger partial charge in [0, 0.05) is 25.7 Å². The van der Waals surface area contributed by atoms with Crippen molar-refractivity contribution in [3.05, 3.63) is 0 Å². The molecule has 1 aliphatic carbocycles. The zero-order valence-corrected chi connectivity index (χ0v) is 12.2. The lowest BCUT2D eigenvalue weighted by atomic mass is 9.87. The summed E-state index contributed by atoms with van der Waals surface area (Å²) in [5.74, 6) is 0. The maximum Gasteiger partial charge on any atom is 0.0777 e. The molecule has 3 atom stereocenters. The molecule has 1 saturated carbocycles. The van der Waals surface area contributed by atoms with E-state index in [4.69, 9.17) is 10.5 Å². The van der Waals surface area contributed by atoms with E-state index in [1.54, 1.807) is 0 Å². The summed E-state index contributed by atoms with van der Waals surface area (Å²) in [5.41, 5.74) is 6.47. The number of nitrogens with two attached hydrogens (primary N) is 1. The molecule has 0 aromatic rings. The summed E-state index contributed by atoms with van der Waals surface area (Å²) in [6, 6.07) is 0.949. The summed E-state index contributed by atoms with van der Waals surface area (Å²) in [5, 5.41) is 0. The molecule has 1 aliphatic heterocycles. The molecule has 3 nitrogen and oxygen atoms in total. The Kier molecular flexibility index (Phi) is 5.05. The normalized spacial score (nSPS) is 40.2. The Morgan fingerprint density at radius 3 is 2.56 bits per heavy atom. The summed E-state index contributed by atoms with van der Waals surface area (Å²) in [6.45, 7) is 4.51. The first-order valence-corrected chi connectivity index (χ1v) is 7.69. The fourth-order valence-corrected chi connectivity index (χ4v) is 3.64. The molecule has 18 heavy (non-hydrogen) atoms. The van der Waals surface area contributed by atoms with Gasteiger partial charge in [0.25, 0.3) is 0 Å². The Balaban J connectivity index is 1.99. The minimum atomic E-state index is 0.0420. The van der Waals surface area contributed by atoms with E-state index in [1.807, 2.05) is 7.11 Å². The van der Waals surface area contributed by atoms with E-state index in [0.29, 0.717) is 12.1 Å². The van der Waals surface area contributed by atoms with Crippen LogP contribution in [0.15, 0.2) is 0 Å². The lowest BCUT2D eigenvalue weighted by Gasteiger charge is -2.45. The Morgan fingerprint density at radius 1 is 1.11 bits per heavy atom. The quantitative estimate of drug-likeness (QED) is 0.823. The van der Waals surface area contributed by atoms with Crippen LogP contribution in [0.25, 0.3) is 0 Å². The highest BCUT2D eigenvalue weighted by molar-refractivity contribution is 4.91. The average Bonchev–Trinajstić information content (AvgIpc) is 2.34. The second-order valence-corrected chi connectivity index (χ2v) is 6.45. The van der Waals surface area contributed by atoms with E-state index in [1.165, 1.54) is 57.9 Å². The first-order chi connectivity index (χ1) is 8.64. The first kappa shape index (κ1) is 14.3. The molecule has 3 unspecified atom stereocenters. The number of nitrogens with zero attached hydrogens (tertiary/aromatic N) is 1. The van der Waals surface area contributed by atoms with Crippen molar-refractivity contribution in [2.24, 2.45) is 5.73 Å². The number of hydrogen-bond donors (Lipinski definition) is 1. The Hall–Kier alpha value is -0.120. The highest BCUT2D eigenvalue weighted by Gasteiger charge is 2.35. The van der Waals surface area contributed by atoms with Gasteiger partial charge in [0.1, 0.15) is 0 Å². The predicted octanol–water partition coefficient (Wildman–Crippen LogP) is 2.54. The van der Waals surface area contributed by atoms with Gasteiger partial charge in [-0.1, -0.05) is 25.7 Å². The molecule has 3 heteroatoms. The molecule has 2 N–H and O–H groups in total. The molecule has 2 aliphatic rings. The molecule has 0 radical (unpaired) electrons. The van der Waals surface area contributed by atoms with Crippen molar-refractivity contribution in [1.29, 1.82) is 0 Å². The van der Waals surface area contributed by atoms with Gasteiger partial charge in [-0.05, 0) is 39.2 Å². The third kappa shape index (κ3) is 3.46. The van der Waals surface area contributed by atoms with E-state index < -0.39 is 0 Å². The number of likely N-dealkylation sites (tertiary alicyclic amines) is 1. The Bertz CT molecular complexity index is 259. The molecule has 106 valence electrons. The molecule has 0 amide bonds. The number of ether oxygens (including phenoxy) is 1. The minimum absolute atomic E-state index is 0.0420. The van der Waals surface area contributed by atoms with E-state index in [0.717, 1.165) is 6.54 Å². The highest BCUT2D eigenvalue weighted by atomic mass is 16.5. The van der Waals surface area contributed by atoms with Crippen LogP contribution < -0.4 is 5.73 Å². The minimum Gasteiger partial charge on any atom is -0.377 e. The topological polar surface area (TPSA) is 38.5 Å². The van der Waals surface area contributed by atoms with Crippen LogP contribution in [0.4, 0.5) is 0 Å². The molecule has 1 heterocycles. The predicted molar refractivity (Wildman–Crippen MR) is 75.7 cm³/mol. The third-order valence-electron chi connectivity index (χ3n) is 4.93. The number of rotatable bonds is 2. The number of piperidine rings is 1. The van der Waals surface area contributed by atoms with Crippen molar-refractivity contribution < 1.29 is 4.74 Å². The largest absolute Gasteiger partial charge is 0.377 e. The summed E-state index contributed by atoms with van der Waals surface area (Å²) >= 11 is 0. The maximum absolute atomic E-state index is 6.43. The van der Waals surface area contributed by atoms with Crippen LogP contribution in [0.1, 0.15) is 58.3 Å². The zero-order valence-electron chi connectivity index (χ0n) is 12.2. The van der Waals surface area contributed by atoms with Crippen LogP contribution in [0.5, 0.6) is 0 Å². The summed E-state index contributed by atoms with van der Waals surface area (Å²) in [4.78, 5) is 2.61. The molecule has 0 aromatic heterocycles. The number of methoxy groups -OCH3 is 1. The fourth-order valence-electron chi connectivity index (χ4n) is 3.64. The molecule has 0 aromatic carbocycles. The van der Waals surface area contributed by atoms with Crippen molar-refractivity contribution in [3.63, 3.8) is 0 Å². The summed E-state index contributed by atoms with van der Waals surface area (Å²) in [6.07, 6.45) is 10.3. The van der Waals surface area contributed by atoms with Gasteiger partial charge in [-0.15, -0.1) is 0 Å². The van der Waals surface area contributed by atoms with Gasteiger partial charge < -0.3 is 10.5 Å². The molecule has 0 bridgehead atoms. The summed E-state index contributed by atoms with van der Waals surface area (Å²) < 4.78 is 5.71. The van der Waals surface area contributed by atoms with Crippen molar-refractivity contribution in [1.82, 2.24) is 4.90 Å².